The van der Waals surface area contributed by atoms with Gasteiger partial charge < -0.3 is 29.1 Å². The Morgan fingerprint density at radius 2 is 1.08 bits per heavy atom. The fourth-order valence-corrected chi connectivity index (χ4v) is 7.56. The Morgan fingerprint density at radius 1 is 0.672 bits per heavy atom. The third-order valence-corrected chi connectivity index (χ3v) is 11.4. The van der Waals surface area contributed by atoms with Gasteiger partial charge in [-0.2, -0.15) is 0 Å². The van der Waals surface area contributed by atoms with Crippen LogP contribution in [0.1, 0.15) is 107 Å². The van der Waals surface area contributed by atoms with Crippen LogP contribution in [-0.2, 0) is 62.7 Å². The van der Waals surface area contributed by atoms with Gasteiger partial charge in [-0.05, 0) is 129 Å². The molecule has 6 rings (SSSR count). The van der Waals surface area contributed by atoms with Gasteiger partial charge in [0.05, 0.1) is 19.6 Å². The number of aliphatic hydroxyl groups is 1. The molecule has 2 saturated heterocycles. The highest BCUT2D eigenvalue weighted by Gasteiger charge is 2.23. The number of ether oxygens (including phenoxy) is 3. The predicted molar refractivity (Wildman–Crippen MR) is 247 cm³/mol. The molecule has 12 nitrogen and oxygen atoms in total. The molecule has 4 heterocycles. The van der Waals surface area contributed by atoms with Crippen LogP contribution in [0, 0.1) is 23.5 Å². The van der Waals surface area contributed by atoms with E-state index >= 15 is 0 Å². The maximum atomic E-state index is 14.4. The molecule has 0 bridgehead atoms. The summed E-state index contributed by atoms with van der Waals surface area (Å²) in [6.07, 6.45) is 15.7. The lowest BCUT2D eigenvalue weighted by Gasteiger charge is -2.32. The van der Waals surface area contributed by atoms with Crippen LogP contribution < -0.4 is 9.80 Å². The number of carbonyl (C=O) groups excluding carboxylic acids is 2. The fraction of sp³-hybridized carbons (Fsp3) is 0.551. The van der Waals surface area contributed by atoms with E-state index in [1.165, 1.54) is 12.1 Å². The van der Waals surface area contributed by atoms with Crippen molar-refractivity contribution in [2.75, 3.05) is 55.8 Å². The second-order valence-corrected chi connectivity index (χ2v) is 17.5. The molecule has 0 radical (unpaired) electrons. The van der Waals surface area contributed by atoms with Gasteiger partial charge in [0.25, 0.3) is 0 Å². The summed E-state index contributed by atoms with van der Waals surface area (Å²) in [4.78, 5) is 45.6. The molecular weight excluding hydrogens is 842 g/mol. The number of aromatic nitrogens is 4. The molecule has 0 saturated carbocycles. The number of carbonyl (C=O) groups is 2. The van der Waals surface area contributed by atoms with Crippen LogP contribution in [0.15, 0.2) is 61.2 Å². The van der Waals surface area contributed by atoms with Crippen LogP contribution in [0.3, 0.4) is 0 Å². The topological polar surface area (TPSA) is 140 Å². The van der Waals surface area contributed by atoms with Crippen LogP contribution in [0.2, 0.25) is 0 Å². The smallest absolute Gasteiger partial charge is 0.310 e. The van der Waals surface area contributed by atoms with Gasteiger partial charge >= 0.3 is 5.97 Å². The molecule has 4 aromatic rings. The average molecular weight is 910 g/mol. The van der Waals surface area contributed by atoms with Crippen molar-refractivity contribution in [3.05, 3.63) is 106 Å². The number of piperidine rings is 2. The van der Waals surface area contributed by atoms with Crippen molar-refractivity contribution in [1.29, 1.82) is 0 Å². The number of ketones is 1. The molecule has 0 unspecified atom stereocenters. The molecule has 1 N–H and O–H groups in total. The fourth-order valence-electron chi connectivity index (χ4n) is 7.56. The molecule has 2 aromatic heterocycles. The van der Waals surface area contributed by atoms with E-state index in [4.69, 9.17) is 19.3 Å². The van der Waals surface area contributed by atoms with Crippen molar-refractivity contribution in [3.63, 3.8) is 0 Å². The molecule has 2 aromatic carbocycles. The summed E-state index contributed by atoms with van der Waals surface area (Å²) >= 11 is 0. The van der Waals surface area contributed by atoms with E-state index in [1.807, 2.05) is 30.9 Å². The third-order valence-electron chi connectivity index (χ3n) is 11.4. The average Bonchev–Trinajstić information content (AvgIpc) is 3.28. The maximum absolute atomic E-state index is 14.4. The summed E-state index contributed by atoms with van der Waals surface area (Å²) in [7, 11) is 0. The summed E-state index contributed by atoms with van der Waals surface area (Å²) < 4.78 is 45.3. The molecule has 0 spiro atoms. The number of benzene rings is 2. The summed E-state index contributed by atoms with van der Waals surface area (Å²) in [6, 6.07) is 9.66. The standard InChI is InChI=1S/C26H36FN3O3.C23H30FN3O3.ClH/c1-5-19-16-28-25(29-17-19)30-11-8-20(9-12-30)10-13-32-18-21-6-7-22(23(27)14-21)15-24(31)33-26(2,3)4;1-2-17-13-25-23(26-14-17)27-8-5-18(6-9-27)7-10-30-16-19-3-4-20(22(24)11-19)12-21(29)15-28;/h6-7,14,16-17,20H,5,8-13,15,18H2,1-4H3;3-4,11,13-14,18,28H,2,5-10,12,15-16H2,1H3;1H. The lowest BCUT2D eigenvalue weighted by molar-refractivity contribution is -0.154. The van der Waals surface area contributed by atoms with Crippen molar-refractivity contribution in [2.45, 2.75) is 118 Å². The zero-order chi connectivity index (χ0) is 45.2. The Hall–Kier alpha value is -4.63. The first-order valence-electron chi connectivity index (χ1n) is 22.5. The maximum Gasteiger partial charge on any atom is 0.310 e. The molecule has 2 aliphatic rings. The number of rotatable bonds is 19. The third kappa shape index (κ3) is 17.4. The Balaban J connectivity index is 0.000000277. The SMILES string of the molecule is CCc1cnc(N2CCC(CCOCc3ccc(CC(=O)CO)c(F)c3)CC2)nc1.CCc1cnc(N2CCC(CCOCc3ccc(CC(=O)OC(C)(C)C)c(F)c3)CC2)nc1.Cl. The molecule has 2 fully saturated rings. The summed E-state index contributed by atoms with van der Waals surface area (Å²) in [5.74, 6) is 1.20. The Morgan fingerprint density at radius 3 is 1.44 bits per heavy atom. The number of hydrogen-bond donors (Lipinski definition) is 1. The second kappa shape index (κ2) is 26.4. The number of aliphatic hydroxyl groups excluding tert-OH is 1. The van der Waals surface area contributed by atoms with Crippen LogP contribution in [0.5, 0.6) is 0 Å². The van der Waals surface area contributed by atoms with Crippen molar-refractivity contribution >= 4 is 36.1 Å². The van der Waals surface area contributed by atoms with Gasteiger partial charge in [0, 0.05) is 70.6 Å². The monoisotopic (exact) mass is 908 g/mol. The van der Waals surface area contributed by atoms with Crippen molar-refractivity contribution < 1.29 is 37.7 Å². The number of hydrogen-bond acceptors (Lipinski definition) is 12. The predicted octanol–water partition coefficient (Wildman–Crippen LogP) is 8.41. The van der Waals surface area contributed by atoms with E-state index in [1.54, 1.807) is 39.0 Å². The minimum Gasteiger partial charge on any atom is -0.460 e. The molecule has 0 aliphatic carbocycles. The number of anilines is 2. The van der Waals surface area contributed by atoms with Crippen molar-refractivity contribution in [2.24, 2.45) is 11.8 Å². The minimum atomic E-state index is -0.577. The quantitative estimate of drug-likeness (QED) is 0.0714. The van der Waals surface area contributed by atoms with Gasteiger partial charge in [-0.1, -0.05) is 38.1 Å². The highest BCUT2D eigenvalue weighted by molar-refractivity contribution is 5.85. The van der Waals surface area contributed by atoms with E-state index < -0.39 is 35.6 Å². The molecule has 64 heavy (non-hydrogen) atoms. The highest BCUT2D eigenvalue weighted by atomic mass is 35.5. The van der Waals surface area contributed by atoms with Crippen LogP contribution in [0.25, 0.3) is 0 Å². The first-order chi connectivity index (χ1) is 30.3. The first kappa shape index (κ1) is 52.0. The lowest BCUT2D eigenvalue weighted by atomic mass is 9.94. The molecule has 15 heteroatoms. The Labute approximate surface area is 384 Å². The van der Waals surface area contributed by atoms with Gasteiger partial charge in [0.15, 0.2) is 5.78 Å². The Kier molecular flexibility index (Phi) is 21.4. The van der Waals surface area contributed by atoms with E-state index in [9.17, 15) is 18.4 Å². The molecule has 2 aliphatic heterocycles. The van der Waals surface area contributed by atoms with Gasteiger partial charge in [-0.15, -0.1) is 12.4 Å². The van der Waals surface area contributed by atoms with Gasteiger partial charge in [-0.25, -0.2) is 28.7 Å². The zero-order valence-corrected chi connectivity index (χ0v) is 39.0. The minimum absolute atomic E-state index is 0. The largest absolute Gasteiger partial charge is 0.460 e. The Bertz CT molecular complexity index is 2020. The van der Waals surface area contributed by atoms with Crippen molar-refractivity contribution in [1.82, 2.24) is 19.9 Å². The van der Waals surface area contributed by atoms with Gasteiger partial charge in [0.2, 0.25) is 11.9 Å². The number of halogens is 3. The summed E-state index contributed by atoms with van der Waals surface area (Å²) in [5.41, 5.74) is 3.89. The van der Waals surface area contributed by atoms with Crippen molar-refractivity contribution in [3.8, 4) is 0 Å². The molecule has 0 atom stereocenters. The van der Waals surface area contributed by atoms with E-state index in [-0.39, 0.29) is 25.2 Å². The second-order valence-electron chi connectivity index (χ2n) is 17.5. The molecular formula is C49H67ClF2N6O6. The zero-order valence-electron chi connectivity index (χ0n) is 38.2. The number of esters is 1. The molecule has 350 valence electrons. The van der Waals surface area contributed by atoms with Crippen LogP contribution in [-0.4, -0.2) is 88.4 Å². The van der Waals surface area contributed by atoms with E-state index in [0.29, 0.717) is 49.4 Å². The lowest BCUT2D eigenvalue weighted by Crippen LogP contribution is -2.35. The number of nitrogens with zero attached hydrogens (tertiary/aromatic N) is 6. The number of aryl methyl sites for hydroxylation is 2. The van der Waals surface area contributed by atoms with E-state index in [0.717, 1.165) is 112 Å². The summed E-state index contributed by atoms with van der Waals surface area (Å²) in [6.45, 7) is 14.8. The first-order valence-corrected chi connectivity index (χ1v) is 22.5. The summed E-state index contributed by atoms with van der Waals surface area (Å²) in [5, 5.41) is 8.78. The van der Waals surface area contributed by atoms with Crippen LogP contribution in [0.4, 0.5) is 20.7 Å². The van der Waals surface area contributed by atoms with Gasteiger partial charge in [0.1, 0.15) is 23.8 Å². The van der Waals surface area contributed by atoms with Crippen LogP contribution >= 0.6 is 12.4 Å². The normalized spacial score (nSPS) is 14.7. The number of Topliss-reactive ketones (excluding diaryl/α,β-unsaturated/α-hetero) is 1. The van der Waals surface area contributed by atoms with Gasteiger partial charge in [-0.3, -0.25) is 9.59 Å². The van der Waals surface area contributed by atoms with E-state index in [2.05, 4.69) is 43.6 Å². The highest BCUT2D eigenvalue weighted by Crippen LogP contribution is 2.25. The molecule has 0 amide bonds.